The van der Waals surface area contributed by atoms with E-state index in [1.165, 1.54) is 0 Å². The lowest BCUT2D eigenvalue weighted by molar-refractivity contribution is -0.364. The molecule has 1 aliphatic rings. The average molecular weight is 365 g/mol. The van der Waals surface area contributed by atoms with Gasteiger partial charge in [0.2, 0.25) is 0 Å². The first kappa shape index (κ1) is 17.3. The Balaban J connectivity index is 1.88. The summed E-state index contributed by atoms with van der Waals surface area (Å²) in [5.74, 6) is 1.71. The first-order valence-corrected chi connectivity index (χ1v) is 8.79. The third-order valence-corrected chi connectivity index (χ3v) is 5.02. The SMILES string of the molecule is CC1=C(C#N)c2[nH+]c(N)c(C#N)c(C)c2C1=Cc1ccc(-c2ccccc2)o1. The maximum Gasteiger partial charge on any atom is 0.289 e. The van der Waals surface area contributed by atoms with Crippen LogP contribution >= 0.6 is 0 Å². The van der Waals surface area contributed by atoms with E-state index >= 15 is 0 Å². The number of hydrogen-bond donors (Lipinski definition) is 1. The number of nitrogens with one attached hydrogen (secondary N) is 1. The summed E-state index contributed by atoms with van der Waals surface area (Å²) in [6.45, 7) is 3.74. The van der Waals surface area contributed by atoms with E-state index in [1.807, 2.05) is 62.4 Å². The minimum Gasteiger partial charge on any atom is -0.457 e. The van der Waals surface area contributed by atoms with Crippen molar-refractivity contribution in [3.63, 3.8) is 0 Å². The van der Waals surface area contributed by atoms with Crippen LogP contribution in [-0.2, 0) is 0 Å². The molecular formula is C23H17N4O+. The molecule has 5 nitrogen and oxygen atoms in total. The highest BCUT2D eigenvalue weighted by atomic mass is 16.3. The fraction of sp³-hybridized carbons (Fsp3) is 0.0870. The van der Waals surface area contributed by atoms with Crippen LogP contribution in [0.3, 0.4) is 0 Å². The number of nitrogen functional groups attached to an aromatic ring is 1. The molecule has 0 spiro atoms. The molecule has 134 valence electrons. The second-order valence-corrected chi connectivity index (χ2v) is 6.64. The monoisotopic (exact) mass is 365 g/mol. The molecule has 0 saturated heterocycles. The van der Waals surface area contributed by atoms with Crippen molar-refractivity contribution >= 4 is 23.0 Å². The number of H-pyrrole nitrogens is 1. The largest absolute Gasteiger partial charge is 0.457 e. The molecule has 4 rings (SSSR count). The molecule has 1 aliphatic carbocycles. The molecule has 0 saturated carbocycles. The normalized spacial score (nSPS) is 14.1. The van der Waals surface area contributed by atoms with Crippen LogP contribution in [0, 0.1) is 29.6 Å². The Morgan fingerprint density at radius 2 is 1.79 bits per heavy atom. The highest BCUT2D eigenvalue weighted by Gasteiger charge is 2.32. The van der Waals surface area contributed by atoms with Crippen LogP contribution in [0.5, 0.6) is 0 Å². The maximum atomic E-state index is 9.64. The molecule has 0 atom stereocenters. The van der Waals surface area contributed by atoms with Crippen molar-refractivity contribution in [3.05, 3.63) is 76.2 Å². The van der Waals surface area contributed by atoms with Gasteiger partial charge in [0.1, 0.15) is 34.8 Å². The average Bonchev–Trinajstić information content (AvgIpc) is 3.26. The van der Waals surface area contributed by atoms with Crippen LogP contribution in [0.4, 0.5) is 5.82 Å². The number of nitriles is 2. The van der Waals surface area contributed by atoms with Crippen LogP contribution < -0.4 is 10.7 Å². The van der Waals surface area contributed by atoms with E-state index in [0.717, 1.165) is 33.6 Å². The molecule has 0 unspecified atom stereocenters. The van der Waals surface area contributed by atoms with Gasteiger partial charge >= 0.3 is 0 Å². The zero-order valence-corrected chi connectivity index (χ0v) is 15.5. The lowest BCUT2D eigenvalue weighted by Crippen LogP contribution is -2.20. The number of anilines is 1. The van der Waals surface area contributed by atoms with Gasteiger partial charge in [-0.25, -0.2) is 4.98 Å². The zero-order valence-electron chi connectivity index (χ0n) is 15.5. The first-order valence-electron chi connectivity index (χ1n) is 8.79. The van der Waals surface area contributed by atoms with Gasteiger partial charge < -0.3 is 4.42 Å². The predicted octanol–water partition coefficient (Wildman–Crippen LogP) is 4.37. The lowest BCUT2D eigenvalue weighted by Gasteiger charge is -2.07. The Morgan fingerprint density at radius 3 is 2.46 bits per heavy atom. The molecule has 5 heteroatoms. The molecule has 0 bridgehead atoms. The van der Waals surface area contributed by atoms with Crippen LogP contribution in [0.15, 0.2) is 52.5 Å². The van der Waals surface area contributed by atoms with E-state index in [2.05, 4.69) is 17.1 Å². The number of aromatic amines is 1. The standard InChI is InChI=1S/C23H16N4O/c1-13-17(10-16-8-9-20(28-16)15-6-4-3-5-7-15)21-14(2)19(12-25)23(26)27-22(21)18(13)11-24/h3-10H,1-2H3,(H2,26,27)/p+1. The topological polar surface area (TPSA) is 101 Å². The molecular weight excluding hydrogens is 348 g/mol. The van der Waals surface area contributed by atoms with Gasteiger partial charge in [-0.2, -0.15) is 10.5 Å². The van der Waals surface area contributed by atoms with Crippen molar-refractivity contribution in [2.45, 2.75) is 13.8 Å². The Morgan fingerprint density at radius 1 is 1.04 bits per heavy atom. The van der Waals surface area contributed by atoms with Crippen molar-refractivity contribution in [2.24, 2.45) is 0 Å². The molecule has 28 heavy (non-hydrogen) atoms. The fourth-order valence-corrected chi connectivity index (χ4v) is 3.60. The third-order valence-electron chi connectivity index (χ3n) is 5.02. The minimum atomic E-state index is 0.268. The molecule has 0 aliphatic heterocycles. The predicted molar refractivity (Wildman–Crippen MR) is 107 cm³/mol. The van der Waals surface area contributed by atoms with Crippen molar-refractivity contribution in [1.82, 2.24) is 0 Å². The summed E-state index contributed by atoms with van der Waals surface area (Å²) in [7, 11) is 0. The van der Waals surface area contributed by atoms with Crippen molar-refractivity contribution in [2.75, 3.05) is 5.73 Å². The number of benzene rings is 1. The van der Waals surface area contributed by atoms with Gasteiger partial charge in [0.05, 0.1) is 0 Å². The second kappa shape index (κ2) is 6.57. The summed E-state index contributed by atoms with van der Waals surface area (Å²) >= 11 is 0. The molecule has 2 aromatic heterocycles. The number of aromatic nitrogens is 1. The van der Waals surface area contributed by atoms with Crippen molar-refractivity contribution in [1.29, 1.82) is 10.5 Å². The number of furan rings is 1. The van der Waals surface area contributed by atoms with Gasteiger partial charge in [-0.1, -0.05) is 30.3 Å². The smallest absolute Gasteiger partial charge is 0.289 e. The molecule has 3 aromatic rings. The summed E-state index contributed by atoms with van der Waals surface area (Å²) in [4.78, 5) is 3.03. The Bertz CT molecular complexity index is 1250. The van der Waals surface area contributed by atoms with E-state index in [9.17, 15) is 10.5 Å². The number of allylic oxidation sites excluding steroid dienone is 3. The van der Waals surface area contributed by atoms with Gasteiger partial charge in [0.15, 0.2) is 5.69 Å². The number of pyridine rings is 1. The molecule has 2 heterocycles. The van der Waals surface area contributed by atoms with E-state index in [-0.39, 0.29) is 5.82 Å². The van der Waals surface area contributed by atoms with E-state index in [0.29, 0.717) is 22.6 Å². The van der Waals surface area contributed by atoms with E-state index in [4.69, 9.17) is 10.2 Å². The molecule has 0 fully saturated rings. The summed E-state index contributed by atoms with van der Waals surface area (Å²) in [5.41, 5.74) is 11.8. The minimum absolute atomic E-state index is 0.268. The van der Waals surface area contributed by atoms with Crippen molar-refractivity contribution in [3.8, 4) is 23.5 Å². The van der Waals surface area contributed by atoms with Gasteiger partial charge in [-0.05, 0) is 48.8 Å². The number of nitrogens with two attached hydrogens (primary N) is 1. The Hall–Kier alpha value is -4.09. The summed E-state index contributed by atoms with van der Waals surface area (Å²) in [6, 6.07) is 18.1. The number of hydrogen-bond acceptors (Lipinski definition) is 4. The zero-order chi connectivity index (χ0) is 19.8. The van der Waals surface area contributed by atoms with Gasteiger partial charge in [0.25, 0.3) is 5.82 Å². The van der Waals surface area contributed by atoms with Gasteiger partial charge in [0, 0.05) is 11.1 Å². The molecule has 3 N–H and O–H groups in total. The highest BCUT2D eigenvalue weighted by molar-refractivity contribution is 6.07. The Labute approximate surface area is 162 Å². The quantitative estimate of drug-likeness (QED) is 0.728. The fourth-order valence-electron chi connectivity index (χ4n) is 3.60. The van der Waals surface area contributed by atoms with E-state index < -0.39 is 0 Å². The van der Waals surface area contributed by atoms with Gasteiger partial charge in [-0.3, -0.25) is 5.73 Å². The molecule has 0 radical (unpaired) electrons. The number of nitrogens with zero attached hydrogens (tertiary/aromatic N) is 2. The molecule has 0 amide bonds. The first-order chi connectivity index (χ1) is 13.5. The summed E-state index contributed by atoms with van der Waals surface area (Å²) in [6.07, 6.45) is 1.91. The second-order valence-electron chi connectivity index (χ2n) is 6.64. The number of fused-ring (bicyclic) bond motifs is 1. The van der Waals surface area contributed by atoms with Crippen LogP contribution in [0.25, 0.3) is 28.5 Å². The molecule has 1 aromatic carbocycles. The Kier molecular flexibility index (Phi) is 4.07. The van der Waals surface area contributed by atoms with Crippen molar-refractivity contribution < 1.29 is 9.40 Å². The summed E-state index contributed by atoms with van der Waals surface area (Å²) < 4.78 is 6.00. The van der Waals surface area contributed by atoms with Crippen LogP contribution in [-0.4, -0.2) is 0 Å². The summed E-state index contributed by atoms with van der Waals surface area (Å²) in [5, 5.41) is 19.1. The van der Waals surface area contributed by atoms with Gasteiger partial charge in [-0.15, -0.1) is 0 Å². The third kappa shape index (κ3) is 2.58. The lowest BCUT2D eigenvalue weighted by atomic mass is 9.96. The number of rotatable bonds is 2. The van der Waals surface area contributed by atoms with Crippen LogP contribution in [0.2, 0.25) is 0 Å². The maximum absolute atomic E-state index is 9.64. The highest BCUT2D eigenvalue weighted by Crippen LogP contribution is 2.43. The van der Waals surface area contributed by atoms with Crippen LogP contribution in [0.1, 0.15) is 35.1 Å². The van der Waals surface area contributed by atoms with E-state index in [1.54, 1.807) is 0 Å².